The Bertz CT molecular complexity index is 1270. The van der Waals surface area contributed by atoms with E-state index in [0.717, 1.165) is 18.4 Å². The number of rotatable bonds is 7. The molecule has 0 saturated heterocycles. The number of ketones is 1. The highest BCUT2D eigenvalue weighted by Crippen LogP contribution is 2.59. The monoisotopic (exact) mass is 513 g/mol. The van der Waals surface area contributed by atoms with Crippen LogP contribution >= 0.6 is 0 Å². The Hall–Kier alpha value is -3.06. The Morgan fingerprint density at radius 2 is 1.66 bits per heavy atom. The van der Waals surface area contributed by atoms with Crippen LogP contribution in [0.15, 0.2) is 84.1 Å². The third kappa shape index (κ3) is 3.89. The number of carbonyl (C=O) groups excluding carboxylic acids is 2. The first-order valence-corrected chi connectivity index (χ1v) is 13.7. The van der Waals surface area contributed by atoms with Crippen molar-refractivity contribution in [3.05, 3.63) is 89.3 Å². The maximum absolute atomic E-state index is 14.7. The number of esters is 1. The van der Waals surface area contributed by atoms with Crippen LogP contribution in [0.2, 0.25) is 0 Å². The van der Waals surface area contributed by atoms with Gasteiger partial charge in [-0.2, -0.15) is 0 Å². The summed E-state index contributed by atoms with van der Waals surface area (Å²) < 4.78 is 11.6. The number of carbonyl (C=O) groups is 2. The van der Waals surface area contributed by atoms with Gasteiger partial charge in [0.05, 0.1) is 5.60 Å². The average Bonchev–Trinajstić information content (AvgIpc) is 3.30. The first-order chi connectivity index (χ1) is 18.1. The van der Waals surface area contributed by atoms with Gasteiger partial charge in [0.15, 0.2) is 0 Å². The first-order valence-electron chi connectivity index (χ1n) is 13.7. The van der Waals surface area contributed by atoms with Gasteiger partial charge in [0.2, 0.25) is 0 Å². The van der Waals surface area contributed by atoms with Crippen LogP contribution in [0, 0.1) is 28.9 Å². The van der Waals surface area contributed by atoms with E-state index in [4.69, 9.17) is 9.47 Å². The van der Waals surface area contributed by atoms with Crippen LogP contribution in [0.3, 0.4) is 0 Å². The molecule has 0 spiro atoms. The zero-order chi connectivity index (χ0) is 26.7. The van der Waals surface area contributed by atoms with E-state index in [2.05, 4.69) is 0 Å². The zero-order valence-corrected chi connectivity index (χ0v) is 22.3. The third-order valence-corrected chi connectivity index (χ3v) is 9.63. The second-order valence-electron chi connectivity index (χ2n) is 11.9. The highest BCUT2D eigenvalue weighted by molar-refractivity contribution is 5.88. The lowest BCUT2D eigenvalue weighted by atomic mass is 9.77. The van der Waals surface area contributed by atoms with Crippen molar-refractivity contribution in [2.45, 2.75) is 57.7 Å². The minimum absolute atomic E-state index is 0.0607. The molecule has 6 heteroatoms. The van der Waals surface area contributed by atoms with Gasteiger partial charge in [-0.1, -0.05) is 43.3 Å². The molecule has 4 fully saturated rings. The Labute approximate surface area is 224 Å². The molecule has 0 aromatic heterocycles. The highest BCUT2D eigenvalue weighted by atomic mass is 16.6. The van der Waals surface area contributed by atoms with Gasteiger partial charge >= 0.3 is 5.97 Å². The van der Waals surface area contributed by atoms with E-state index in [0.29, 0.717) is 41.6 Å². The predicted molar refractivity (Wildman–Crippen MR) is 146 cm³/mol. The van der Waals surface area contributed by atoms with Crippen LogP contribution in [0.5, 0.6) is 0 Å². The van der Waals surface area contributed by atoms with Crippen molar-refractivity contribution in [3.8, 4) is 0 Å². The summed E-state index contributed by atoms with van der Waals surface area (Å²) in [6.45, 7) is 5.77. The van der Waals surface area contributed by atoms with E-state index in [-0.39, 0.29) is 30.3 Å². The lowest BCUT2D eigenvalue weighted by Gasteiger charge is -2.46. The number of Topliss-reactive ketones (excluding diaryl/α,β-unsaturated/α-hetero) is 1. The molecule has 0 aliphatic heterocycles. The Kier molecular flexibility index (Phi) is 5.98. The fraction of sp³-hybridized carbons (Fsp3) is 0.438. The summed E-state index contributed by atoms with van der Waals surface area (Å²) >= 11 is 0. The predicted octanol–water partition coefficient (Wildman–Crippen LogP) is 6.38. The topological polar surface area (TPSA) is 75.7 Å². The zero-order valence-electron chi connectivity index (χ0n) is 22.3. The largest absolute Gasteiger partial charge is 0.616 e. The Morgan fingerprint density at radius 1 is 1.03 bits per heavy atom. The van der Waals surface area contributed by atoms with Crippen LogP contribution in [-0.4, -0.2) is 29.6 Å². The van der Waals surface area contributed by atoms with Gasteiger partial charge in [-0.05, 0) is 57.1 Å². The van der Waals surface area contributed by atoms with Gasteiger partial charge in [-0.3, -0.25) is 9.44 Å². The summed E-state index contributed by atoms with van der Waals surface area (Å²) in [6, 6.07) is 18.7. The fourth-order valence-corrected chi connectivity index (χ4v) is 7.39. The van der Waals surface area contributed by atoms with Crippen molar-refractivity contribution in [3.63, 3.8) is 0 Å². The van der Waals surface area contributed by atoms with Crippen molar-refractivity contribution in [1.82, 2.24) is 4.65 Å². The normalized spacial score (nSPS) is 33.7. The summed E-state index contributed by atoms with van der Waals surface area (Å²) in [7, 11) is 0. The molecular formula is C32H35NO5. The maximum atomic E-state index is 14.7. The molecular weight excluding hydrogens is 478 g/mol. The molecule has 2 aromatic carbocycles. The number of hydroxylamine groups is 1. The van der Waals surface area contributed by atoms with Gasteiger partial charge in [-0.15, -0.1) is 0 Å². The number of ether oxygens (including phenoxy) is 2. The summed E-state index contributed by atoms with van der Waals surface area (Å²) in [5.74, 6) is 0.346. The molecule has 4 saturated carbocycles. The van der Waals surface area contributed by atoms with Gasteiger partial charge in [0.1, 0.15) is 35.1 Å². The number of hydrogen-bond acceptors (Lipinski definition) is 5. The second kappa shape index (κ2) is 9.01. The molecule has 6 nitrogen and oxygen atoms in total. The van der Waals surface area contributed by atoms with Gasteiger partial charge in [-0.25, -0.2) is 4.79 Å². The molecule has 0 heterocycles. The van der Waals surface area contributed by atoms with Crippen LogP contribution in [-0.2, 0) is 19.1 Å². The number of allylic oxidation sites excluding steroid dienone is 1. The smallest absolute Gasteiger partial charge is 0.332 e. The molecule has 5 aliphatic carbocycles. The maximum Gasteiger partial charge on any atom is 0.332 e. The highest BCUT2D eigenvalue weighted by Gasteiger charge is 2.62. The van der Waals surface area contributed by atoms with E-state index in [1.165, 1.54) is 0 Å². The number of para-hydroxylation sites is 2. The van der Waals surface area contributed by atoms with E-state index in [1.54, 1.807) is 0 Å². The summed E-state index contributed by atoms with van der Waals surface area (Å²) in [4.78, 5) is 25.3. The summed E-state index contributed by atoms with van der Waals surface area (Å²) in [5, 5.41) is 14.7. The first kappa shape index (κ1) is 25.2. The fourth-order valence-electron chi connectivity index (χ4n) is 7.39. The van der Waals surface area contributed by atoms with Crippen LogP contribution in [0.4, 0.5) is 11.4 Å². The van der Waals surface area contributed by atoms with E-state index < -0.39 is 15.8 Å². The molecule has 7 rings (SSSR count). The average molecular weight is 514 g/mol. The van der Waals surface area contributed by atoms with Crippen molar-refractivity contribution in [2.75, 3.05) is 6.61 Å². The van der Waals surface area contributed by atoms with Crippen LogP contribution in [0.25, 0.3) is 0 Å². The number of nitrogens with zero attached hydrogens (tertiary/aromatic N) is 1. The van der Waals surface area contributed by atoms with Crippen LogP contribution < -0.4 is 4.65 Å². The molecule has 6 atom stereocenters. The van der Waals surface area contributed by atoms with Crippen molar-refractivity contribution in [2.24, 2.45) is 23.7 Å². The van der Waals surface area contributed by atoms with Crippen molar-refractivity contribution < 1.29 is 19.1 Å². The van der Waals surface area contributed by atoms with Crippen molar-refractivity contribution in [1.29, 1.82) is 0 Å². The summed E-state index contributed by atoms with van der Waals surface area (Å²) in [5.41, 5.74) is 1.47. The van der Waals surface area contributed by atoms with Gasteiger partial charge < -0.3 is 14.7 Å². The lowest BCUT2D eigenvalue weighted by Crippen LogP contribution is -2.46. The molecule has 0 N–H and O–H groups in total. The third-order valence-electron chi connectivity index (χ3n) is 9.63. The molecule has 5 aliphatic rings. The van der Waals surface area contributed by atoms with Crippen LogP contribution in [0.1, 0.15) is 46.5 Å². The molecule has 4 bridgehead atoms. The molecule has 6 unspecified atom stereocenters. The molecule has 38 heavy (non-hydrogen) atoms. The Morgan fingerprint density at radius 3 is 2.21 bits per heavy atom. The van der Waals surface area contributed by atoms with Gasteiger partial charge in [0.25, 0.3) is 0 Å². The quantitative estimate of drug-likeness (QED) is 0.244. The standard InChI is InChI=1S/C32H35NO5/c1-21-14-27(33(36,25-10-6-4-7-11-25)26-12-8-5-9-13-26)15-22(2)31(21,3)37-20-29(34)38-32-17-23-16-24(18-32)30(35)28(23)19-32/h4-15,21,23-24,28H,16-20H2,1-3H3. The lowest BCUT2D eigenvalue weighted by molar-refractivity contribution is -0.176. The molecule has 0 amide bonds. The molecule has 198 valence electrons. The molecule has 0 radical (unpaired) electrons. The SMILES string of the molecule is CC1=CC([N+]([O-])(c2ccccc2)c2ccccc2)=CC(C)C1(C)OCC(=O)OC12CC3CC(C1)C(C2)C3=O. The number of benzene rings is 2. The second-order valence-corrected chi connectivity index (χ2v) is 11.9. The number of hydrogen-bond donors (Lipinski definition) is 0. The van der Waals surface area contributed by atoms with E-state index in [1.807, 2.05) is 93.6 Å². The van der Waals surface area contributed by atoms with E-state index >= 15 is 0 Å². The molecule has 2 aromatic rings. The Balaban J connectivity index is 1.20. The summed E-state index contributed by atoms with van der Waals surface area (Å²) in [6.07, 6.45) is 6.95. The number of quaternary nitrogens is 1. The minimum atomic E-state index is -0.763. The minimum Gasteiger partial charge on any atom is -0.616 e. The van der Waals surface area contributed by atoms with Gasteiger partial charge in [0, 0.05) is 48.1 Å². The van der Waals surface area contributed by atoms with E-state index in [9.17, 15) is 14.8 Å². The van der Waals surface area contributed by atoms with Crippen molar-refractivity contribution >= 4 is 23.1 Å².